The lowest BCUT2D eigenvalue weighted by atomic mass is 10.1. The number of hydrogen-bond acceptors (Lipinski definition) is 5. The highest BCUT2D eigenvalue weighted by Crippen LogP contribution is 2.22. The molecular weight excluding hydrogens is 380 g/mol. The van der Waals surface area contributed by atoms with E-state index in [1.807, 2.05) is 24.3 Å². The Bertz CT molecular complexity index is 1000. The minimum Gasteiger partial charge on any atom is -0.497 e. The Morgan fingerprint density at radius 1 is 1.14 bits per heavy atom. The predicted octanol–water partition coefficient (Wildman–Crippen LogP) is 3.76. The maximum Gasteiger partial charge on any atom is 0.339 e. The van der Waals surface area contributed by atoms with Crippen molar-refractivity contribution in [2.75, 3.05) is 7.11 Å². The Labute approximate surface area is 167 Å². The van der Waals surface area contributed by atoms with Gasteiger partial charge >= 0.3 is 5.97 Å². The van der Waals surface area contributed by atoms with Crippen molar-refractivity contribution in [2.45, 2.75) is 19.6 Å². The van der Waals surface area contributed by atoms with E-state index in [0.717, 1.165) is 11.3 Å². The molecule has 0 fully saturated rings. The number of benzene rings is 2. The fraction of sp³-hybridized carbons (Fsp3) is 0.190. The topological polar surface area (TPSA) is 77.5 Å². The Hall–Kier alpha value is -3.12. The summed E-state index contributed by atoms with van der Waals surface area (Å²) in [6.07, 6.45) is -0.962. The summed E-state index contributed by atoms with van der Waals surface area (Å²) < 4.78 is 10.4. The molecule has 1 heterocycles. The first kappa shape index (κ1) is 19.6. The zero-order valence-electron chi connectivity index (χ0n) is 15.4. The number of halogens is 1. The second-order valence-corrected chi connectivity index (χ2v) is 6.51. The summed E-state index contributed by atoms with van der Waals surface area (Å²) in [5.41, 5.74) is 1.75. The van der Waals surface area contributed by atoms with E-state index in [-0.39, 0.29) is 10.7 Å². The van der Waals surface area contributed by atoms with Gasteiger partial charge in [-0.1, -0.05) is 41.9 Å². The molecule has 0 saturated heterocycles. The van der Waals surface area contributed by atoms with Gasteiger partial charge in [-0.25, -0.2) is 9.78 Å². The van der Waals surface area contributed by atoms with Gasteiger partial charge in [0.15, 0.2) is 6.10 Å². The van der Waals surface area contributed by atoms with Crippen LogP contribution in [0.3, 0.4) is 0 Å². The first-order valence-electron chi connectivity index (χ1n) is 8.65. The van der Waals surface area contributed by atoms with Crippen molar-refractivity contribution in [1.82, 2.24) is 10.3 Å². The minimum absolute atomic E-state index is 0.183. The van der Waals surface area contributed by atoms with Crippen molar-refractivity contribution in [3.63, 3.8) is 0 Å². The zero-order chi connectivity index (χ0) is 20.1. The number of para-hydroxylation sites is 1. The molecule has 0 spiro atoms. The Kier molecular flexibility index (Phi) is 6.11. The number of hydrogen-bond donors (Lipinski definition) is 1. The number of fused-ring (bicyclic) bond motifs is 1. The number of ether oxygens (including phenoxy) is 2. The fourth-order valence-corrected chi connectivity index (χ4v) is 2.87. The monoisotopic (exact) mass is 398 g/mol. The van der Waals surface area contributed by atoms with Crippen LogP contribution in [0, 0.1) is 0 Å². The zero-order valence-corrected chi connectivity index (χ0v) is 16.2. The van der Waals surface area contributed by atoms with Crippen molar-refractivity contribution < 1.29 is 19.1 Å². The Morgan fingerprint density at radius 2 is 1.86 bits per heavy atom. The molecule has 144 valence electrons. The first-order chi connectivity index (χ1) is 13.5. The number of carbonyl (C=O) groups excluding carboxylic acids is 2. The largest absolute Gasteiger partial charge is 0.497 e. The number of aromatic nitrogens is 1. The van der Waals surface area contributed by atoms with Gasteiger partial charge in [0.25, 0.3) is 5.91 Å². The molecule has 3 rings (SSSR count). The molecule has 7 heteroatoms. The van der Waals surface area contributed by atoms with Crippen LogP contribution in [0.4, 0.5) is 0 Å². The molecule has 0 saturated carbocycles. The van der Waals surface area contributed by atoms with Crippen LogP contribution in [0.15, 0.2) is 54.6 Å². The maximum absolute atomic E-state index is 12.6. The van der Waals surface area contributed by atoms with Gasteiger partial charge in [-0.05, 0) is 36.8 Å². The van der Waals surface area contributed by atoms with Crippen molar-refractivity contribution in [2.24, 2.45) is 0 Å². The highest BCUT2D eigenvalue weighted by molar-refractivity contribution is 6.30. The lowest BCUT2D eigenvalue weighted by molar-refractivity contribution is -0.129. The van der Waals surface area contributed by atoms with Crippen LogP contribution in [0.2, 0.25) is 5.15 Å². The normalized spacial score (nSPS) is 11.7. The lowest BCUT2D eigenvalue weighted by Crippen LogP contribution is -2.35. The van der Waals surface area contributed by atoms with Gasteiger partial charge in [-0.3, -0.25) is 4.79 Å². The average Bonchev–Trinajstić information content (AvgIpc) is 2.71. The minimum atomic E-state index is -0.962. The van der Waals surface area contributed by atoms with Crippen molar-refractivity contribution in [1.29, 1.82) is 0 Å². The fourth-order valence-electron chi connectivity index (χ4n) is 2.67. The number of esters is 1. The molecule has 0 aliphatic carbocycles. The van der Waals surface area contributed by atoms with E-state index in [1.54, 1.807) is 31.4 Å². The van der Waals surface area contributed by atoms with Crippen molar-refractivity contribution >= 4 is 34.4 Å². The third kappa shape index (κ3) is 4.58. The second-order valence-electron chi connectivity index (χ2n) is 6.12. The van der Waals surface area contributed by atoms with Crippen LogP contribution in [-0.4, -0.2) is 30.1 Å². The molecule has 28 heavy (non-hydrogen) atoms. The molecule has 1 N–H and O–H groups in total. The van der Waals surface area contributed by atoms with Crippen molar-refractivity contribution in [3.05, 3.63) is 70.9 Å². The van der Waals surface area contributed by atoms with Crippen LogP contribution in [-0.2, 0) is 16.1 Å². The number of methoxy groups -OCH3 is 1. The highest BCUT2D eigenvalue weighted by atomic mass is 35.5. The summed E-state index contributed by atoms with van der Waals surface area (Å²) in [4.78, 5) is 29.0. The first-order valence-corrected chi connectivity index (χ1v) is 9.02. The summed E-state index contributed by atoms with van der Waals surface area (Å²) in [7, 11) is 1.59. The van der Waals surface area contributed by atoms with E-state index in [1.165, 1.54) is 13.0 Å². The van der Waals surface area contributed by atoms with Crippen LogP contribution in [0.5, 0.6) is 5.75 Å². The maximum atomic E-state index is 12.6. The molecule has 1 atom stereocenters. The van der Waals surface area contributed by atoms with E-state index in [0.29, 0.717) is 17.4 Å². The van der Waals surface area contributed by atoms with Crippen LogP contribution >= 0.6 is 11.6 Å². The molecule has 6 nitrogen and oxygen atoms in total. The third-order valence-corrected chi connectivity index (χ3v) is 4.38. The number of carbonyl (C=O) groups is 2. The molecule has 0 aliphatic heterocycles. The number of nitrogens with one attached hydrogen (secondary N) is 1. The Morgan fingerprint density at radius 3 is 2.57 bits per heavy atom. The molecule has 1 amide bonds. The molecule has 1 aromatic heterocycles. The SMILES string of the molecule is COc1ccc(CNC(=O)[C@@H](C)OC(=O)c2cc(Cl)nc3ccccc23)cc1. The van der Waals surface area contributed by atoms with Crippen LogP contribution in [0.25, 0.3) is 10.9 Å². The van der Waals surface area contributed by atoms with Gasteiger partial charge in [0, 0.05) is 11.9 Å². The Balaban J connectivity index is 1.64. The predicted molar refractivity (Wildman–Crippen MR) is 106 cm³/mol. The summed E-state index contributed by atoms with van der Waals surface area (Å²) in [5.74, 6) is -0.290. The number of pyridine rings is 1. The van der Waals surface area contributed by atoms with Crippen LogP contribution in [0.1, 0.15) is 22.8 Å². The third-order valence-electron chi connectivity index (χ3n) is 4.18. The van der Waals surface area contributed by atoms with Gasteiger partial charge in [-0.15, -0.1) is 0 Å². The smallest absolute Gasteiger partial charge is 0.339 e. The van der Waals surface area contributed by atoms with Gasteiger partial charge < -0.3 is 14.8 Å². The highest BCUT2D eigenvalue weighted by Gasteiger charge is 2.21. The number of amides is 1. The molecule has 0 bridgehead atoms. The summed E-state index contributed by atoms with van der Waals surface area (Å²) in [6.45, 7) is 1.83. The van der Waals surface area contributed by atoms with E-state index >= 15 is 0 Å². The van der Waals surface area contributed by atoms with Gasteiger partial charge in [0.05, 0.1) is 18.2 Å². The van der Waals surface area contributed by atoms with E-state index in [2.05, 4.69) is 10.3 Å². The molecule has 0 unspecified atom stereocenters. The van der Waals surface area contributed by atoms with E-state index < -0.39 is 18.0 Å². The molecule has 0 aliphatic rings. The summed E-state index contributed by atoms with van der Waals surface area (Å²) in [5, 5.41) is 3.54. The van der Waals surface area contributed by atoms with Crippen molar-refractivity contribution in [3.8, 4) is 5.75 Å². The van der Waals surface area contributed by atoms with E-state index in [9.17, 15) is 9.59 Å². The van der Waals surface area contributed by atoms with Gasteiger partial charge in [0.2, 0.25) is 0 Å². The molecular formula is C21H19ClN2O4. The number of nitrogens with zero attached hydrogens (tertiary/aromatic N) is 1. The molecule has 2 aromatic carbocycles. The number of rotatable bonds is 6. The van der Waals surface area contributed by atoms with Crippen LogP contribution < -0.4 is 10.1 Å². The summed E-state index contributed by atoms with van der Waals surface area (Å²) in [6, 6.07) is 15.9. The van der Waals surface area contributed by atoms with Gasteiger partial charge in [-0.2, -0.15) is 0 Å². The average molecular weight is 399 g/mol. The molecule has 0 radical (unpaired) electrons. The quantitative estimate of drug-likeness (QED) is 0.505. The lowest BCUT2D eigenvalue weighted by Gasteiger charge is -2.14. The second kappa shape index (κ2) is 8.71. The van der Waals surface area contributed by atoms with Gasteiger partial charge in [0.1, 0.15) is 10.9 Å². The molecule has 3 aromatic rings. The van der Waals surface area contributed by atoms with E-state index in [4.69, 9.17) is 21.1 Å². The summed E-state index contributed by atoms with van der Waals surface area (Å²) >= 11 is 6.00. The standard InChI is InChI=1S/C21H19ClN2O4/c1-13(20(25)23-12-14-7-9-15(27-2)10-8-14)28-21(26)17-11-19(22)24-18-6-4-3-5-16(17)18/h3-11,13H,12H2,1-2H3,(H,23,25)/t13-/m1/s1.